The summed E-state index contributed by atoms with van der Waals surface area (Å²) in [5, 5.41) is 27.2. The molecule has 0 aromatic heterocycles. The molecule has 0 aliphatic rings. The third-order valence-electron chi connectivity index (χ3n) is 5.85. The zero-order chi connectivity index (χ0) is 27.8. The number of nitrogens with two attached hydrogens (primary N) is 3. The number of carbonyl (C=O) groups is 4. The van der Waals surface area contributed by atoms with Crippen LogP contribution >= 0.6 is 0 Å². The number of rotatable bonds is 18. The molecule has 0 unspecified atom stereocenters. The minimum atomic E-state index is -1.38. The first-order chi connectivity index (χ1) is 17.6. The van der Waals surface area contributed by atoms with Gasteiger partial charge in [-0.3, -0.25) is 14.4 Å². The van der Waals surface area contributed by atoms with Crippen molar-refractivity contribution in [3.8, 4) is 0 Å². The van der Waals surface area contributed by atoms with Gasteiger partial charge in [0.2, 0.25) is 17.7 Å². The lowest BCUT2D eigenvalue weighted by molar-refractivity contribution is -0.142. The molecule has 0 saturated heterocycles. The van der Waals surface area contributed by atoms with Crippen LogP contribution < -0.4 is 33.2 Å². The number of carbonyl (C=O) groups excluding carboxylic acids is 3. The van der Waals surface area contributed by atoms with E-state index in [0.717, 1.165) is 5.56 Å². The van der Waals surface area contributed by atoms with E-state index in [1.807, 2.05) is 0 Å². The first kappa shape index (κ1) is 32.0. The summed E-state index contributed by atoms with van der Waals surface area (Å²) in [6.45, 7) is 2.19. The molecule has 1 rings (SSSR count). The second-order valence-corrected chi connectivity index (χ2v) is 9.05. The average Bonchev–Trinajstić information content (AvgIpc) is 2.86. The predicted octanol–water partition coefficient (Wildman–Crippen LogP) is -1.27. The smallest absolute Gasteiger partial charge is 0.326 e. The molecule has 208 valence electrons. The number of nitrogens with one attached hydrogen (secondary N) is 3. The summed E-state index contributed by atoms with van der Waals surface area (Å²) < 4.78 is 0. The highest BCUT2D eigenvalue weighted by Crippen LogP contribution is 2.08. The first-order valence-corrected chi connectivity index (χ1v) is 12.6. The summed E-state index contributed by atoms with van der Waals surface area (Å²) in [6, 6.07) is 4.26. The molecule has 0 bridgehead atoms. The van der Waals surface area contributed by atoms with Crippen molar-refractivity contribution in [1.82, 2.24) is 16.0 Å². The standard InChI is InChI=1S/C25H42N6O6/c1-16(32)21(31-22(33)18(28)11-5-7-13-26)24(35)30-20(15-17-9-3-2-4-10-17)23(34)29-19(25(36)37)12-6-8-14-27/h2-4,9-10,16,18-21,32H,5-8,11-15,26-28H2,1H3,(H,29,34)(H,30,35)(H,31,33)(H,36,37)/t16-,18+,19+,20+,21+/m1/s1. The molecule has 1 aromatic rings. The van der Waals surface area contributed by atoms with E-state index in [1.165, 1.54) is 6.92 Å². The minimum absolute atomic E-state index is 0.0621. The molecule has 0 radical (unpaired) electrons. The molecule has 5 atom stereocenters. The van der Waals surface area contributed by atoms with Crippen LogP contribution in [0.4, 0.5) is 0 Å². The zero-order valence-electron chi connectivity index (χ0n) is 21.4. The van der Waals surface area contributed by atoms with Crippen molar-refractivity contribution in [2.45, 2.75) is 82.1 Å². The van der Waals surface area contributed by atoms with Crippen LogP contribution in [-0.4, -0.2) is 77.3 Å². The summed E-state index contributed by atoms with van der Waals surface area (Å²) in [6.07, 6.45) is 1.75. The van der Waals surface area contributed by atoms with E-state index in [9.17, 15) is 29.4 Å². The van der Waals surface area contributed by atoms with E-state index in [0.29, 0.717) is 45.2 Å². The number of amides is 3. The number of unbranched alkanes of at least 4 members (excludes halogenated alkanes) is 2. The number of benzene rings is 1. The highest BCUT2D eigenvalue weighted by molar-refractivity contribution is 5.94. The Hall–Kier alpha value is -3.06. The number of hydrogen-bond acceptors (Lipinski definition) is 8. The van der Waals surface area contributed by atoms with Gasteiger partial charge in [-0.2, -0.15) is 0 Å². The minimum Gasteiger partial charge on any atom is -0.480 e. The van der Waals surface area contributed by atoms with Gasteiger partial charge in [0.1, 0.15) is 18.1 Å². The van der Waals surface area contributed by atoms with Crippen LogP contribution in [0, 0.1) is 0 Å². The van der Waals surface area contributed by atoms with Crippen molar-refractivity contribution in [3.63, 3.8) is 0 Å². The van der Waals surface area contributed by atoms with Gasteiger partial charge >= 0.3 is 5.97 Å². The highest BCUT2D eigenvalue weighted by atomic mass is 16.4. The van der Waals surface area contributed by atoms with Gasteiger partial charge in [-0.1, -0.05) is 36.8 Å². The van der Waals surface area contributed by atoms with Crippen LogP contribution in [0.5, 0.6) is 0 Å². The van der Waals surface area contributed by atoms with E-state index in [2.05, 4.69) is 16.0 Å². The number of aliphatic hydroxyl groups is 1. The van der Waals surface area contributed by atoms with Gasteiger partial charge in [-0.05, 0) is 57.7 Å². The van der Waals surface area contributed by atoms with Crippen LogP contribution in [0.3, 0.4) is 0 Å². The topological polar surface area (TPSA) is 223 Å². The number of aliphatic hydroxyl groups excluding tert-OH is 1. The molecule has 0 saturated carbocycles. The Balaban J connectivity index is 3.01. The molecule has 0 spiro atoms. The molecule has 11 N–H and O–H groups in total. The molecule has 0 heterocycles. The fraction of sp³-hybridized carbons (Fsp3) is 0.600. The molecule has 0 aliphatic carbocycles. The maximum atomic E-state index is 13.1. The van der Waals surface area contributed by atoms with E-state index in [-0.39, 0.29) is 12.8 Å². The Morgan fingerprint density at radius 2 is 1.38 bits per heavy atom. The second-order valence-electron chi connectivity index (χ2n) is 9.05. The lowest BCUT2D eigenvalue weighted by Crippen LogP contribution is -2.60. The molecule has 3 amide bonds. The van der Waals surface area contributed by atoms with Crippen molar-refractivity contribution in [2.75, 3.05) is 13.1 Å². The number of carboxylic acids is 1. The molecular formula is C25H42N6O6. The van der Waals surface area contributed by atoms with Gasteiger partial charge in [-0.25, -0.2) is 4.79 Å². The fourth-order valence-corrected chi connectivity index (χ4v) is 3.65. The lowest BCUT2D eigenvalue weighted by Gasteiger charge is -2.26. The van der Waals surface area contributed by atoms with Gasteiger partial charge in [-0.15, -0.1) is 0 Å². The van der Waals surface area contributed by atoms with Crippen molar-refractivity contribution >= 4 is 23.7 Å². The Kier molecular flexibility index (Phi) is 15.0. The number of hydrogen-bond donors (Lipinski definition) is 8. The summed E-state index contributed by atoms with van der Waals surface area (Å²) in [5.41, 5.74) is 17.5. The first-order valence-electron chi connectivity index (χ1n) is 12.6. The molecule has 0 fully saturated rings. The summed E-state index contributed by atoms with van der Waals surface area (Å²) in [7, 11) is 0. The summed E-state index contributed by atoms with van der Waals surface area (Å²) >= 11 is 0. The highest BCUT2D eigenvalue weighted by Gasteiger charge is 2.32. The lowest BCUT2D eigenvalue weighted by atomic mass is 10.0. The van der Waals surface area contributed by atoms with E-state index in [4.69, 9.17) is 17.2 Å². The van der Waals surface area contributed by atoms with E-state index in [1.54, 1.807) is 30.3 Å². The monoisotopic (exact) mass is 522 g/mol. The second kappa shape index (κ2) is 17.4. The Bertz CT molecular complexity index is 853. The van der Waals surface area contributed by atoms with Gasteiger partial charge in [0, 0.05) is 6.42 Å². The molecule has 1 aromatic carbocycles. The normalized spacial score (nSPS) is 15.1. The third kappa shape index (κ3) is 12.2. The van der Waals surface area contributed by atoms with Crippen LogP contribution in [0.15, 0.2) is 30.3 Å². The fourth-order valence-electron chi connectivity index (χ4n) is 3.65. The van der Waals surface area contributed by atoms with Crippen molar-refractivity contribution < 1.29 is 29.4 Å². The SMILES string of the molecule is C[C@@H](O)[C@H](NC(=O)[C@@H](N)CCCCN)C(=O)N[C@@H](Cc1ccccc1)C(=O)N[C@@H](CCCCN)C(=O)O. The van der Waals surface area contributed by atoms with Crippen molar-refractivity contribution in [1.29, 1.82) is 0 Å². The van der Waals surface area contributed by atoms with Crippen molar-refractivity contribution in [3.05, 3.63) is 35.9 Å². The number of aliphatic carboxylic acids is 1. The van der Waals surface area contributed by atoms with Crippen molar-refractivity contribution in [2.24, 2.45) is 17.2 Å². The molecule has 12 nitrogen and oxygen atoms in total. The van der Waals surface area contributed by atoms with E-state index < -0.39 is 54.0 Å². The summed E-state index contributed by atoms with van der Waals surface area (Å²) in [4.78, 5) is 50.4. The maximum Gasteiger partial charge on any atom is 0.326 e. The number of carboxylic acid groups (broad SMARTS) is 1. The van der Waals surface area contributed by atoms with Gasteiger partial charge < -0.3 is 43.4 Å². The Morgan fingerprint density at radius 3 is 1.92 bits per heavy atom. The average molecular weight is 523 g/mol. The van der Waals surface area contributed by atoms with Crippen LogP contribution in [0.2, 0.25) is 0 Å². The van der Waals surface area contributed by atoms with Crippen LogP contribution in [0.1, 0.15) is 51.0 Å². The molecule has 37 heavy (non-hydrogen) atoms. The Morgan fingerprint density at radius 1 is 0.811 bits per heavy atom. The molecular weight excluding hydrogens is 480 g/mol. The third-order valence-corrected chi connectivity index (χ3v) is 5.85. The van der Waals surface area contributed by atoms with E-state index >= 15 is 0 Å². The maximum absolute atomic E-state index is 13.1. The quantitative estimate of drug-likeness (QED) is 0.107. The largest absolute Gasteiger partial charge is 0.480 e. The van der Waals surface area contributed by atoms with Gasteiger partial charge in [0.25, 0.3) is 0 Å². The predicted molar refractivity (Wildman–Crippen MR) is 139 cm³/mol. The molecule has 0 aliphatic heterocycles. The Labute approximate surface area is 217 Å². The summed E-state index contributed by atoms with van der Waals surface area (Å²) in [5.74, 6) is -3.32. The zero-order valence-corrected chi connectivity index (χ0v) is 21.4. The van der Waals surface area contributed by atoms with Gasteiger partial charge in [0.15, 0.2) is 0 Å². The molecule has 12 heteroatoms. The van der Waals surface area contributed by atoms with Crippen LogP contribution in [-0.2, 0) is 25.6 Å². The van der Waals surface area contributed by atoms with Gasteiger partial charge in [0.05, 0.1) is 12.1 Å². The van der Waals surface area contributed by atoms with Crippen LogP contribution in [0.25, 0.3) is 0 Å².